The number of nitrogens with zero attached hydrogens (tertiary/aromatic N) is 2. The standard InChI is InChI=1S/C14H26N2/c1-3-14(12-15-8-4-5-9-15)13(2)16-10-6-7-11-16/h3,13H,4-12H2,1-2H3. The van der Waals surface area contributed by atoms with Gasteiger partial charge < -0.3 is 0 Å². The average molecular weight is 222 g/mol. The van der Waals surface area contributed by atoms with Crippen LogP contribution in [0.2, 0.25) is 0 Å². The minimum atomic E-state index is 0.660. The Morgan fingerprint density at radius 3 is 2.19 bits per heavy atom. The molecule has 0 saturated carbocycles. The van der Waals surface area contributed by atoms with Crippen LogP contribution in [0, 0.1) is 0 Å². The van der Waals surface area contributed by atoms with E-state index in [4.69, 9.17) is 0 Å². The lowest BCUT2D eigenvalue weighted by atomic mass is 10.1. The minimum absolute atomic E-state index is 0.660. The summed E-state index contributed by atoms with van der Waals surface area (Å²) in [7, 11) is 0. The number of hydrogen-bond acceptors (Lipinski definition) is 2. The first-order valence-corrected chi connectivity index (χ1v) is 6.92. The van der Waals surface area contributed by atoms with Crippen molar-refractivity contribution in [3.63, 3.8) is 0 Å². The largest absolute Gasteiger partial charge is 0.299 e. The zero-order valence-electron chi connectivity index (χ0n) is 10.9. The van der Waals surface area contributed by atoms with Gasteiger partial charge in [-0.3, -0.25) is 9.80 Å². The fraction of sp³-hybridized carbons (Fsp3) is 0.857. The monoisotopic (exact) mass is 222 g/mol. The molecule has 2 nitrogen and oxygen atoms in total. The van der Waals surface area contributed by atoms with Gasteiger partial charge in [-0.1, -0.05) is 6.08 Å². The minimum Gasteiger partial charge on any atom is -0.299 e. The van der Waals surface area contributed by atoms with E-state index in [-0.39, 0.29) is 0 Å². The van der Waals surface area contributed by atoms with E-state index in [0.717, 1.165) is 0 Å². The van der Waals surface area contributed by atoms with Gasteiger partial charge in [-0.05, 0) is 71.3 Å². The van der Waals surface area contributed by atoms with Crippen molar-refractivity contribution in [2.45, 2.75) is 45.6 Å². The Labute approximate surface area is 100 Å². The smallest absolute Gasteiger partial charge is 0.0291 e. The Morgan fingerprint density at radius 2 is 1.62 bits per heavy atom. The van der Waals surface area contributed by atoms with E-state index < -0.39 is 0 Å². The van der Waals surface area contributed by atoms with Gasteiger partial charge in [0, 0.05) is 12.6 Å². The van der Waals surface area contributed by atoms with Crippen LogP contribution in [-0.2, 0) is 0 Å². The van der Waals surface area contributed by atoms with Crippen molar-refractivity contribution >= 4 is 0 Å². The van der Waals surface area contributed by atoms with Crippen LogP contribution in [0.4, 0.5) is 0 Å². The van der Waals surface area contributed by atoms with Crippen molar-refractivity contribution in [3.8, 4) is 0 Å². The van der Waals surface area contributed by atoms with Crippen molar-refractivity contribution in [1.29, 1.82) is 0 Å². The zero-order valence-corrected chi connectivity index (χ0v) is 10.9. The summed E-state index contributed by atoms with van der Waals surface area (Å²) < 4.78 is 0. The predicted octanol–water partition coefficient (Wildman–Crippen LogP) is 2.51. The SMILES string of the molecule is CC=C(CN1CCCC1)C(C)N1CCCC1. The molecule has 0 radical (unpaired) electrons. The molecule has 16 heavy (non-hydrogen) atoms. The van der Waals surface area contributed by atoms with E-state index in [1.165, 1.54) is 58.4 Å². The molecule has 0 N–H and O–H groups in total. The maximum Gasteiger partial charge on any atom is 0.0291 e. The second-order valence-corrected chi connectivity index (χ2v) is 5.27. The van der Waals surface area contributed by atoms with E-state index in [2.05, 4.69) is 29.7 Å². The summed E-state index contributed by atoms with van der Waals surface area (Å²) >= 11 is 0. The summed E-state index contributed by atoms with van der Waals surface area (Å²) in [5.41, 5.74) is 1.63. The summed E-state index contributed by atoms with van der Waals surface area (Å²) in [6.07, 6.45) is 7.93. The number of likely N-dealkylation sites (tertiary alicyclic amines) is 2. The maximum atomic E-state index is 2.64. The third kappa shape index (κ3) is 2.86. The molecular weight excluding hydrogens is 196 g/mol. The van der Waals surface area contributed by atoms with Crippen LogP contribution in [0.25, 0.3) is 0 Å². The van der Waals surface area contributed by atoms with E-state index >= 15 is 0 Å². The molecule has 0 aliphatic carbocycles. The van der Waals surface area contributed by atoms with Crippen molar-refractivity contribution in [1.82, 2.24) is 9.80 Å². The molecule has 2 heteroatoms. The number of rotatable bonds is 4. The van der Waals surface area contributed by atoms with Crippen molar-refractivity contribution in [2.75, 3.05) is 32.7 Å². The van der Waals surface area contributed by atoms with Crippen LogP contribution in [0.3, 0.4) is 0 Å². The van der Waals surface area contributed by atoms with Gasteiger partial charge in [-0.25, -0.2) is 0 Å². The molecule has 0 spiro atoms. The number of hydrogen-bond donors (Lipinski definition) is 0. The summed E-state index contributed by atoms with van der Waals surface area (Å²) in [4.78, 5) is 5.26. The highest BCUT2D eigenvalue weighted by Gasteiger charge is 2.22. The molecule has 0 aromatic carbocycles. The first-order valence-electron chi connectivity index (χ1n) is 6.92. The summed E-state index contributed by atoms with van der Waals surface area (Å²) in [6.45, 7) is 11.0. The quantitative estimate of drug-likeness (QED) is 0.674. The van der Waals surface area contributed by atoms with Crippen molar-refractivity contribution < 1.29 is 0 Å². The summed E-state index contributed by atoms with van der Waals surface area (Å²) in [5, 5.41) is 0. The Bertz CT molecular complexity index is 235. The van der Waals surface area contributed by atoms with Crippen molar-refractivity contribution in [3.05, 3.63) is 11.6 Å². The normalized spacial score (nSPS) is 26.5. The maximum absolute atomic E-state index is 2.64. The van der Waals surface area contributed by atoms with Crippen molar-refractivity contribution in [2.24, 2.45) is 0 Å². The van der Waals surface area contributed by atoms with Gasteiger partial charge in [0.05, 0.1) is 0 Å². The van der Waals surface area contributed by atoms with Crippen LogP contribution < -0.4 is 0 Å². The molecule has 1 atom stereocenters. The molecule has 0 bridgehead atoms. The molecule has 92 valence electrons. The van der Waals surface area contributed by atoms with E-state index in [1.54, 1.807) is 5.57 Å². The van der Waals surface area contributed by atoms with Gasteiger partial charge >= 0.3 is 0 Å². The van der Waals surface area contributed by atoms with Gasteiger partial charge in [0.15, 0.2) is 0 Å². The molecule has 2 rings (SSSR count). The van der Waals surface area contributed by atoms with Gasteiger partial charge in [0.2, 0.25) is 0 Å². The highest BCUT2D eigenvalue weighted by atomic mass is 15.2. The van der Waals surface area contributed by atoms with Gasteiger partial charge in [-0.2, -0.15) is 0 Å². The Kier molecular flexibility index (Phi) is 4.42. The van der Waals surface area contributed by atoms with E-state index in [1.807, 2.05) is 0 Å². The molecule has 0 aromatic rings. The first kappa shape index (κ1) is 12.1. The van der Waals surface area contributed by atoms with Gasteiger partial charge in [-0.15, -0.1) is 0 Å². The van der Waals surface area contributed by atoms with Crippen LogP contribution in [0.15, 0.2) is 11.6 Å². The van der Waals surface area contributed by atoms with Crippen LogP contribution >= 0.6 is 0 Å². The highest BCUT2D eigenvalue weighted by Crippen LogP contribution is 2.19. The molecule has 2 saturated heterocycles. The van der Waals surface area contributed by atoms with Crippen LogP contribution in [-0.4, -0.2) is 48.6 Å². The lowest BCUT2D eigenvalue weighted by molar-refractivity contribution is 0.267. The van der Waals surface area contributed by atoms with E-state index in [0.29, 0.717) is 6.04 Å². The molecule has 2 aliphatic heterocycles. The molecule has 2 heterocycles. The lowest BCUT2D eigenvalue weighted by Crippen LogP contribution is -2.36. The molecule has 2 fully saturated rings. The Hall–Kier alpha value is -0.340. The second kappa shape index (κ2) is 5.83. The Balaban J connectivity index is 1.88. The molecule has 0 amide bonds. The highest BCUT2D eigenvalue weighted by molar-refractivity contribution is 5.12. The lowest BCUT2D eigenvalue weighted by Gasteiger charge is -2.29. The molecule has 1 unspecified atom stereocenters. The third-order valence-corrected chi connectivity index (χ3v) is 4.20. The van der Waals surface area contributed by atoms with Gasteiger partial charge in [0.25, 0.3) is 0 Å². The fourth-order valence-corrected chi connectivity index (χ4v) is 3.03. The number of allylic oxidation sites excluding steroid dienone is 1. The second-order valence-electron chi connectivity index (χ2n) is 5.27. The van der Waals surface area contributed by atoms with Crippen LogP contribution in [0.1, 0.15) is 39.5 Å². The van der Waals surface area contributed by atoms with E-state index in [9.17, 15) is 0 Å². The Morgan fingerprint density at radius 1 is 1.06 bits per heavy atom. The third-order valence-electron chi connectivity index (χ3n) is 4.20. The fourth-order valence-electron chi connectivity index (χ4n) is 3.03. The molecule has 0 aromatic heterocycles. The first-order chi connectivity index (χ1) is 7.81. The summed E-state index contributed by atoms with van der Waals surface area (Å²) in [6, 6.07) is 0.660. The average Bonchev–Trinajstić information content (AvgIpc) is 2.97. The predicted molar refractivity (Wildman–Crippen MR) is 69.7 cm³/mol. The van der Waals surface area contributed by atoms with Gasteiger partial charge in [0.1, 0.15) is 0 Å². The van der Waals surface area contributed by atoms with Crippen LogP contribution in [0.5, 0.6) is 0 Å². The zero-order chi connectivity index (χ0) is 11.4. The molecule has 2 aliphatic rings. The topological polar surface area (TPSA) is 6.48 Å². The summed E-state index contributed by atoms with van der Waals surface area (Å²) in [5.74, 6) is 0. The molecular formula is C14H26N2.